The van der Waals surface area contributed by atoms with Crippen molar-refractivity contribution in [3.63, 3.8) is 0 Å². The maximum absolute atomic E-state index is 12.6. The number of rotatable bonds is 11. The third-order valence-electron chi connectivity index (χ3n) is 7.33. The van der Waals surface area contributed by atoms with Crippen molar-refractivity contribution < 1.29 is 9.21 Å². The standard InChI is InChI=1S/C34H34N6O2S/c41-33(36-18-16-28-13-7-8-17-35-28)31-15-14-29(42-31)25-43-34-37-30(27-11-5-2-6-12-27)23-32(38-34)40-21-19-39(20-22-40)24-26-9-3-1-4-10-26/h1-15,17,23H,16,18-22,24-25H2,(H,36,41). The summed E-state index contributed by atoms with van der Waals surface area (Å²) in [5.74, 6) is 2.21. The van der Waals surface area contributed by atoms with Gasteiger partial charge in [-0.25, -0.2) is 9.97 Å². The van der Waals surface area contributed by atoms with E-state index in [0.29, 0.717) is 35.4 Å². The van der Waals surface area contributed by atoms with E-state index in [9.17, 15) is 4.79 Å². The van der Waals surface area contributed by atoms with Crippen LogP contribution >= 0.6 is 11.8 Å². The lowest BCUT2D eigenvalue weighted by Crippen LogP contribution is -2.46. The van der Waals surface area contributed by atoms with Crippen molar-refractivity contribution in [3.05, 3.63) is 126 Å². The first-order valence-corrected chi connectivity index (χ1v) is 15.5. The second-order valence-electron chi connectivity index (χ2n) is 10.4. The van der Waals surface area contributed by atoms with Gasteiger partial charge in [0.15, 0.2) is 10.9 Å². The highest BCUT2D eigenvalue weighted by molar-refractivity contribution is 7.98. The lowest BCUT2D eigenvalue weighted by Gasteiger charge is -2.35. The summed E-state index contributed by atoms with van der Waals surface area (Å²) < 4.78 is 5.87. The summed E-state index contributed by atoms with van der Waals surface area (Å²) in [6.45, 7) is 5.20. The van der Waals surface area contributed by atoms with E-state index >= 15 is 0 Å². The molecule has 6 rings (SSSR count). The van der Waals surface area contributed by atoms with Gasteiger partial charge >= 0.3 is 0 Å². The van der Waals surface area contributed by atoms with Crippen molar-refractivity contribution >= 4 is 23.5 Å². The number of hydrogen-bond donors (Lipinski definition) is 1. The monoisotopic (exact) mass is 590 g/mol. The fourth-order valence-electron chi connectivity index (χ4n) is 5.02. The van der Waals surface area contributed by atoms with Gasteiger partial charge < -0.3 is 14.6 Å². The zero-order valence-electron chi connectivity index (χ0n) is 23.9. The van der Waals surface area contributed by atoms with Crippen LogP contribution in [-0.4, -0.2) is 58.5 Å². The molecule has 8 nitrogen and oxygen atoms in total. The minimum atomic E-state index is -0.233. The number of amides is 1. The van der Waals surface area contributed by atoms with Crippen molar-refractivity contribution in [2.75, 3.05) is 37.6 Å². The number of aromatic nitrogens is 3. The van der Waals surface area contributed by atoms with Gasteiger partial charge in [0.2, 0.25) is 0 Å². The topological polar surface area (TPSA) is 87.4 Å². The van der Waals surface area contributed by atoms with Gasteiger partial charge in [-0.2, -0.15) is 0 Å². The van der Waals surface area contributed by atoms with Crippen LogP contribution in [0.25, 0.3) is 11.3 Å². The molecule has 3 aromatic heterocycles. The Morgan fingerprint density at radius 3 is 2.40 bits per heavy atom. The second-order valence-corrected chi connectivity index (χ2v) is 11.3. The lowest BCUT2D eigenvalue weighted by molar-refractivity contribution is 0.0925. The predicted molar refractivity (Wildman–Crippen MR) is 170 cm³/mol. The maximum Gasteiger partial charge on any atom is 0.287 e. The molecule has 9 heteroatoms. The molecule has 1 amide bonds. The molecule has 2 aromatic carbocycles. The van der Waals surface area contributed by atoms with Crippen LogP contribution in [0.5, 0.6) is 0 Å². The minimum Gasteiger partial charge on any atom is -0.455 e. The molecule has 1 saturated heterocycles. The summed E-state index contributed by atoms with van der Waals surface area (Å²) in [4.78, 5) is 31.6. The van der Waals surface area contributed by atoms with Gasteiger partial charge in [-0.1, -0.05) is 78.5 Å². The number of pyridine rings is 1. The van der Waals surface area contributed by atoms with Gasteiger partial charge in [-0.05, 0) is 29.8 Å². The van der Waals surface area contributed by atoms with E-state index in [4.69, 9.17) is 14.4 Å². The molecule has 0 saturated carbocycles. The van der Waals surface area contributed by atoms with E-state index in [1.54, 1.807) is 12.3 Å². The summed E-state index contributed by atoms with van der Waals surface area (Å²) >= 11 is 1.51. The van der Waals surface area contributed by atoms with Crippen molar-refractivity contribution in [1.82, 2.24) is 25.2 Å². The summed E-state index contributed by atoms with van der Waals surface area (Å²) in [6.07, 6.45) is 2.42. The molecule has 5 aromatic rings. The first-order chi connectivity index (χ1) is 21.2. The zero-order chi connectivity index (χ0) is 29.3. The van der Waals surface area contributed by atoms with E-state index in [0.717, 1.165) is 55.5 Å². The zero-order valence-corrected chi connectivity index (χ0v) is 24.7. The molecule has 218 valence electrons. The van der Waals surface area contributed by atoms with Crippen LogP contribution in [0.1, 0.15) is 27.6 Å². The molecule has 4 heterocycles. The molecule has 0 aliphatic carbocycles. The Balaban J connectivity index is 1.09. The van der Waals surface area contributed by atoms with Gasteiger partial charge in [0.05, 0.1) is 11.4 Å². The van der Waals surface area contributed by atoms with E-state index in [1.165, 1.54) is 17.3 Å². The summed E-state index contributed by atoms with van der Waals surface area (Å²) in [5.41, 5.74) is 4.22. The first-order valence-electron chi connectivity index (χ1n) is 14.5. The highest BCUT2D eigenvalue weighted by atomic mass is 32.2. The van der Waals surface area contributed by atoms with Crippen LogP contribution in [0.3, 0.4) is 0 Å². The van der Waals surface area contributed by atoms with Crippen LogP contribution in [0.4, 0.5) is 5.82 Å². The lowest BCUT2D eigenvalue weighted by atomic mass is 10.1. The highest BCUT2D eigenvalue weighted by Crippen LogP contribution is 2.28. The number of nitrogens with zero attached hydrogens (tertiary/aromatic N) is 5. The summed E-state index contributed by atoms with van der Waals surface area (Å²) in [6, 6.07) is 32.2. The number of benzene rings is 2. The molecule has 0 bridgehead atoms. The average molecular weight is 591 g/mol. The number of furan rings is 1. The van der Waals surface area contributed by atoms with E-state index in [1.807, 2.05) is 42.5 Å². The molecule has 1 aliphatic heterocycles. The first kappa shape index (κ1) is 28.6. The summed E-state index contributed by atoms with van der Waals surface area (Å²) in [7, 11) is 0. The molecular weight excluding hydrogens is 556 g/mol. The molecule has 0 radical (unpaired) electrons. The van der Waals surface area contributed by atoms with Crippen LogP contribution in [0, 0.1) is 0 Å². The van der Waals surface area contributed by atoms with Gasteiger partial charge in [-0.15, -0.1) is 0 Å². The molecular formula is C34H34N6O2S. The normalized spacial score (nSPS) is 13.6. The smallest absolute Gasteiger partial charge is 0.287 e. The number of anilines is 1. The number of thioether (sulfide) groups is 1. The van der Waals surface area contributed by atoms with Gasteiger partial charge in [0.25, 0.3) is 5.91 Å². The largest absolute Gasteiger partial charge is 0.455 e. The van der Waals surface area contributed by atoms with E-state index in [2.05, 4.69) is 68.6 Å². The van der Waals surface area contributed by atoms with Crippen LogP contribution in [-0.2, 0) is 18.7 Å². The van der Waals surface area contributed by atoms with Gasteiger partial charge in [0, 0.05) is 69.2 Å². The Labute approximate surface area is 256 Å². The summed E-state index contributed by atoms with van der Waals surface area (Å²) in [5, 5.41) is 3.59. The third-order valence-corrected chi connectivity index (χ3v) is 8.20. The fraction of sp³-hybridized carbons (Fsp3) is 0.235. The van der Waals surface area contributed by atoms with E-state index < -0.39 is 0 Å². The predicted octanol–water partition coefficient (Wildman–Crippen LogP) is 5.72. The number of hydrogen-bond acceptors (Lipinski definition) is 8. The van der Waals surface area contributed by atoms with Gasteiger partial charge in [-0.3, -0.25) is 14.7 Å². The van der Waals surface area contributed by atoms with Crippen LogP contribution in [0.2, 0.25) is 0 Å². The maximum atomic E-state index is 12.6. The third kappa shape index (κ3) is 7.88. The molecule has 1 aliphatic rings. The number of carbonyl (C=O) groups excluding carboxylic acids is 1. The Morgan fingerprint density at radius 2 is 1.63 bits per heavy atom. The van der Waals surface area contributed by atoms with Crippen molar-refractivity contribution in [2.45, 2.75) is 23.9 Å². The van der Waals surface area contributed by atoms with Crippen molar-refractivity contribution in [2.24, 2.45) is 0 Å². The van der Waals surface area contributed by atoms with Gasteiger partial charge in [0.1, 0.15) is 11.6 Å². The Hall–Kier alpha value is -4.47. The van der Waals surface area contributed by atoms with Crippen molar-refractivity contribution in [3.8, 4) is 11.3 Å². The highest BCUT2D eigenvalue weighted by Gasteiger charge is 2.20. The Morgan fingerprint density at radius 1 is 0.860 bits per heavy atom. The Kier molecular flexibility index (Phi) is 9.41. The molecule has 0 atom stereocenters. The minimum absolute atomic E-state index is 0.233. The molecule has 0 unspecified atom stereocenters. The number of carbonyl (C=O) groups is 1. The van der Waals surface area contributed by atoms with Crippen LogP contribution < -0.4 is 10.2 Å². The van der Waals surface area contributed by atoms with Crippen molar-refractivity contribution in [1.29, 1.82) is 0 Å². The number of nitrogens with one attached hydrogen (secondary N) is 1. The van der Waals surface area contributed by atoms with Crippen LogP contribution in [0.15, 0.2) is 113 Å². The van der Waals surface area contributed by atoms with E-state index in [-0.39, 0.29) is 5.91 Å². The second kappa shape index (κ2) is 14.1. The SMILES string of the molecule is O=C(NCCc1ccccn1)c1ccc(CSc2nc(-c3ccccc3)cc(N3CCN(Cc4ccccc4)CC3)n2)o1. The molecule has 1 fully saturated rings. The average Bonchev–Trinajstić information content (AvgIpc) is 3.55. The molecule has 1 N–H and O–H groups in total. The molecule has 43 heavy (non-hydrogen) atoms. The molecule has 0 spiro atoms. The Bertz CT molecular complexity index is 1610. The number of piperazine rings is 1. The quantitative estimate of drug-likeness (QED) is 0.154. The fourth-order valence-corrected chi connectivity index (χ4v) is 5.77.